The third-order valence-corrected chi connectivity index (χ3v) is 2.25. The van der Waals surface area contributed by atoms with E-state index >= 15 is 0 Å². The average Bonchev–Trinajstić information content (AvgIpc) is 2.23. The molecule has 0 heterocycles. The van der Waals surface area contributed by atoms with Crippen molar-refractivity contribution in [1.82, 2.24) is 0 Å². The van der Waals surface area contributed by atoms with Gasteiger partial charge in [0.1, 0.15) is 5.82 Å². The molecule has 3 nitrogen and oxygen atoms in total. The zero-order chi connectivity index (χ0) is 11.4. The standard InChI is InChI=1S/C11H14FNO2/c1-7-3-4-10(12)8(5-7)9(6-13)11(14)15-2/h3-5,9H,6,13H2,1-2H3. The molecule has 1 unspecified atom stereocenters. The first kappa shape index (κ1) is 11.7. The molecular formula is C11H14FNO2. The lowest BCUT2D eigenvalue weighted by atomic mass is 9.97. The van der Waals surface area contributed by atoms with Crippen LogP contribution in [-0.4, -0.2) is 19.6 Å². The summed E-state index contributed by atoms with van der Waals surface area (Å²) in [6, 6.07) is 4.59. The number of rotatable bonds is 3. The molecule has 0 radical (unpaired) electrons. The Hall–Kier alpha value is -1.42. The second-order valence-corrected chi connectivity index (χ2v) is 3.34. The van der Waals surface area contributed by atoms with Crippen molar-refractivity contribution < 1.29 is 13.9 Å². The summed E-state index contributed by atoms with van der Waals surface area (Å²) in [5, 5.41) is 0. The number of hydrogen-bond acceptors (Lipinski definition) is 3. The van der Waals surface area contributed by atoms with Gasteiger partial charge in [-0.15, -0.1) is 0 Å². The van der Waals surface area contributed by atoms with Gasteiger partial charge in [0, 0.05) is 12.1 Å². The van der Waals surface area contributed by atoms with E-state index < -0.39 is 17.7 Å². The molecule has 0 aliphatic heterocycles. The van der Waals surface area contributed by atoms with Gasteiger partial charge in [0.2, 0.25) is 0 Å². The van der Waals surface area contributed by atoms with E-state index in [1.54, 1.807) is 12.1 Å². The van der Waals surface area contributed by atoms with E-state index in [9.17, 15) is 9.18 Å². The van der Waals surface area contributed by atoms with Crippen LogP contribution in [0.4, 0.5) is 4.39 Å². The zero-order valence-corrected chi connectivity index (χ0v) is 8.79. The number of carbonyl (C=O) groups is 1. The summed E-state index contributed by atoms with van der Waals surface area (Å²) in [5.74, 6) is -1.67. The molecule has 15 heavy (non-hydrogen) atoms. The van der Waals surface area contributed by atoms with Gasteiger partial charge in [0.15, 0.2) is 0 Å². The number of halogens is 1. The van der Waals surface area contributed by atoms with Crippen LogP contribution in [-0.2, 0) is 9.53 Å². The molecule has 0 aliphatic carbocycles. The second kappa shape index (κ2) is 4.89. The Bertz CT molecular complexity index is 366. The van der Waals surface area contributed by atoms with Gasteiger partial charge in [-0.05, 0) is 13.0 Å². The molecule has 0 spiro atoms. The number of benzene rings is 1. The van der Waals surface area contributed by atoms with Gasteiger partial charge in [0.05, 0.1) is 13.0 Å². The van der Waals surface area contributed by atoms with Crippen LogP contribution in [0.15, 0.2) is 18.2 Å². The van der Waals surface area contributed by atoms with Gasteiger partial charge >= 0.3 is 5.97 Å². The van der Waals surface area contributed by atoms with Crippen molar-refractivity contribution in [1.29, 1.82) is 0 Å². The molecule has 0 saturated heterocycles. The van der Waals surface area contributed by atoms with Crippen LogP contribution in [0.25, 0.3) is 0 Å². The van der Waals surface area contributed by atoms with Crippen LogP contribution in [0.2, 0.25) is 0 Å². The highest BCUT2D eigenvalue weighted by molar-refractivity contribution is 5.78. The highest BCUT2D eigenvalue weighted by atomic mass is 19.1. The number of hydrogen-bond donors (Lipinski definition) is 1. The summed E-state index contributed by atoms with van der Waals surface area (Å²) in [4.78, 5) is 11.3. The minimum absolute atomic E-state index is 0.0348. The van der Waals surface area contributed by atoms with Crippen molar-refractivity contribution in [2.24, 2.45) is 5.73 Å². The number of ether oxygens (including phenoxy) is 1. The average molecular weight is 211 g/mol. The van der Waals surface area contributed by atoms with Crippen LogP contribution in [0.5, 0.6) is 0 Å². The third-order valence-electron chi connectivity index (χ3n) is 2.25. The molecule has 1 atom stereocenters. The molecule has 0 saturated carbocycles. The first-order valence-corrected chi connectivity index (χ1v) is 4.64. The molecule has 0 fully saturated rings. The number of aryl methyl sites for hydroxylation is 1. The fourth-order valence-corrected chi connectivity index (χ4v) is 1.42. The predicted molar refractivity (Wildman–Crippen MR) is 54.9 cm³/mol. The van der Waals surface area contributed by atoms with E-state index in [0.717, 1.165) is 5.56 Å². The minimum Gasteiger partial charge on any atom is -0.469 e. The number of nitrogens with two attached hydrogens (primary N) is 1. The normalized spacial score (nSPS) is 12.3. The van der Waals surface area contributed by atoms with E-state index in [4.69, 9.17) is 5.73 Å². The largest absolute Gasteiger partial charge is 0.469 e. The van der Waals surface area contributed by atoms with Gasteiger partial charge in [0.25, 0.3) is 0 Å². The van der Waals surface area contributed by atoms with Gasteiger partial charge in [-0.1, -0.05) is 17.7 Å². The third kappa shape index (κ3) is 2.53. The molecule has 0 aromatic heterocycles. The minimum atomic E-state index is -0.727. The molecule has 0 bridgehead atoms. The summed E-state index contributed by atoms with van der Waals surface area (Å²) < 4.78 is 18.0. The molecule has 0 aliphatic rings. The molecule has 2 N–H and O–H groups in total. The molecule has 1 rings (SSSR count). The van der Waals surface area contributed by atoms with Crippen LogP contribution >= 0.6 is 0 Å². The monoisotopic (exact) mass is 211 g/mol. The summed E-state index contributed by atoms with van der Waals surface area (Å²) in [6.07, 6.45) is 0. The van der Waals surface area contributed by atoms with Crippen LogP contribution < -0.4 is 5.73 Å². The Morgan fingerprint density at radius 3 is 2.80 bits per heavy atom. The molecule has 1 aromatic carbocycles. The Kier molecular flexibility index (Phi) is 3.80. The number of carbonyl (C=O) groups excluding carboxylic acids is 1. The van der Waals surface area contributed by atoms with E-state index in [0.29, 0.717) is 5.56 Å². The van der Waals surface area contributed by atoms with Gasteiger partial charge < -0.3 is 10.5 Å². The number of esters is 1. The quantitative estimate of drug-likeness (QED) is 0.768. The SMILES string of the molecule is COC(=O)C(CN)c1cc(C)ccc1F. The van der Waals surface area contributed by atoms with Crippen molar-refractivity contribution in [3.63, 3.8) is 0 Å². The fraction of sp³-hybridized carbons (Fsp3) is 0.364. The number of methoxy groups -OCH3 is 1. The summed E-state index contributed by atoms with van der Waals surface area (Å²) in [6.45, 7) is 1.86. The maximum Gasteiger partial charge on any atom is 0.314 e. The van der Waals surface area contributed by atoms with Crippen molar-refractivity contribution in [2.45, 2.75) is 12.8 Å². The highest BCUT2D eigenvalue weighted by Gasteiger charge is 2.22. The Morgan fingerprint density at radius 1 is 1.60 bits per heavy atom. The van der Waals surface area contributed by atoms with Crippen molar-refractivity contribution in [3.05, 3.63) is 35.1 Å². The van der Waals surface area contributed by atoms with E-state index in [1.165, 1.54) is 13.2 Å². The maximum atomic E-state index is 13.4. The Balaban J connectivity index is 3.11. The topological polar surface area (TPSA) is 52.3 Å². The van der Waals surface area contributed by atoms with Crippen molar-refractivity contribution >= 4 is 5.97 Å². The second-order valence-electron chi connectivity index (χ2n) is 3.34. The van der Waals surface area contributed by atoms with Crippen LogP contribution in [0.1, 0.15) is 17.0 Å². The first-order chi connectivity index (χ1) is 7.10. The predicted octanol–water partition coefficient (Wildman–Crippen LogP) is 1.35. The molecule has 82 valence electrons. The van der Waals surface area contributed by atoms with Gasteiger partial charge in [-0.25, -0.2) is 4.39 Å². The summed E-state index contributed by atoms with van der Waals surface area (Å²) >= 11 is 0. The van der Waals surface area contributed by atoms with Crippen molar-refractivity contribution in [3.8, 4) is 0 Å². The summed E-state index contributed by atoms with van der Waals surface area (Å²) in [7, 11) is 1.26. The van der Waals surface area contributed by atoms with E-state index in [2.05, 4.69) is 4.74 Å². The fourth-order valence-electron chi connectivity index (χ4n) is 1.42. The molecule has 4 heteroatoms. The van der Waals surface area contributed by atoms with Crippen molar-refractivity contribution in [2.75, 3.05) is 13.7 Å². The van der Waals surface area contributed by atoms with Gasteiger partial charge in [-0.2, -0.15) is 0 Å². The van der Waals surface area contributed by atoms with Crippen LogP contribution in [0.3, 0.4) is 0 Å². The van der Waals surface area contributed by atoms with E-state index in [-0.39, 0.29) is 6.54 Å². The van der Waals surface area contributed by atoms with Crippen LogP contribution in [0, 0.1) is 12.7 Å². The maximum absolute atomic E-state index is 13.4. The molecule has 1 aromatic rings. The molecule has 0 amide bonds. The Morgan fingerprint density at radius 2 is 2.27 bits per heavy atom. The van der Waals surface area contributed by atoms with Gasteiger partial charge in [-0.3, -0.25) is 4.79 Å². The van der Waals surface area contributed by atoms with E-state index in [1.807, 2.05) is 6.92 Å². The first-order valence-electron chi connectivity index (χ1n) is 4.64. The Labute approximate surface area is 88.0 Å². The highest BCUT2D eigenvalue weighted by Crippen LogP contribution is 2.21. The summed E-state index contributed by atoms with van der Waals surface area (Å²) in [5.41, 5.74) is 6.61. The smallest absolute Gasteiger partial charge is 0.314 e. The lowest BCUT2D eigenvalue weighted by Gasteiger charge is -2.13. The lowest BCUT2D eigenvalue weighted by Crippen LogP contribution is -2.23. The lowest BCUT2D eigenvalue weighted by molar-refractivity contribution is -0.142. The molecular weight excluding hydrogens is 197 g/mol. The zero-order valence-electron chi connectivity index (χ0n) is 8.79.